The predicted molar refractivity (Wildman–Crippen MR) is 92.8 cm³/mol. The van der Waals surface area contributed by atoms with Crippen LogP contribution in [0.5, 0.6) is 0 Å². The van der Waals surface area contributed by atoms with Crippen molar-refractivity contribution >= 4 is 15.9 Å². The summed E-state index contributed by atoms with van der Waals surface area (Å²) >= 11 is 3.50. The minimum absolute atomic E-state index is 0.495. The van der Waals surface area contributed by atoms with Crippen LogP contribution in [0.25, 0.3) is 0 Å². The molecule has 1 aromatic carbocycles. The maximum atomic E-state index is 5.86. The van der Waals surface area contributed by atoms with Crippen molar-refractivity contribution in [3.8, 4) is 0 Å². The highest BCUT2D eigenvalue weighted by Gasteiger charge is 2.16. The van der Waals surface area contributed by atoms with Gasteiger partial charge in [-0.2, -0.15) is 0 Å². The SMILES string of the molecule is CCCNC(CCC1CCCCO1)Cc1ccc(Br)cc1. The molecule has 2 rings (SSSR count). The Labute approximate surface area is 137 Å². The molecule has 0 aliphatic carbocycles. The zero-order valence-corrected chi connectivity index (χ0v) is 14.7. The highest BCUT2D eigenvalue weighted by atomic mass is 79.9. The van der Waals surface area contributed by atoms with Crippen LogP contribution in [0, 0.1) is 0 Å². The average molecular weight is 354 g/mol. The van der Waals surface area contributed by atoms with Crippen LogP contribution < -0.4 is 5.32 Å². The number of rotatable bonds is 8. The molecule has 0 bridgehead atoms. The molecule has 21 heavy (non-hydrogen) atoms. The van der Waals surface area contributed by atoms with Gasteiger partial charge < -0.3 is 10.1 Å². The summed E-state index contributed by atoms with van der Waals surface area (Å²) in [5.41, 5.74) is 1.41. The fourth-order valence-corrected chi connectivity index (χ4v) is 3.22. The molecule has 1 heterocycles. The molecule has 2 atom stereocenters. The van der Waals surface area contributed by atoms with Gasteiger partial charge in [0.25, 0.3) is 0 Å². The third-order valence-corrected chi connectivity index (χ3v) is 4.72. The Morgan fingerprint density at radius 3 is 2.76 bits per heavy atom. The van der Waals surface area contributed by atoms with Crippen LogP contribution in [0.1, 0.15) is 51.0 Å². The van der Waals surface area contributed by atoms with Gasteiger partial charge in [-0.3, -0.25) is 0 Å². The molecule has 1 aromatic rings. The molecule has 1 aliphatic heterocycles. The average Bonchev–Trinajstić information content (AvgIpc) is 2.53. The van der Waals surface area contributed by atoms with Gasteiger partial charge in [-0.25, -0.2) is 0 Å². The number of hydrogen-bond acceptors (Lipinski definition) is 2. The summed E-state index contributed by atoms with van der Waals surface area (Å²) < 4.78 is 7.02. The van der Waals surface area contributed by atoms with Crippen LogP contribution in [0.15, 0.2) is 28.7 Å². The first-order valence-corrected chi connectivity index (χ1v) is 9.16. The monoisotopic (exact) mass is 353 g/mol. The Morgan fingerprint density at radius 2 is 2.10 bits per heavy atom. The first kappa shape index (κ1) is 17.0. The third-order valence-electron chi connectivity index (χ3n) is 4.19. The molecule has 0 amide bonds. The van der Waals surface area contributed by atoms with E-state index in [0.29, 0.717) is 12.1 Å². The van der Waals surface area contributed by atoms with Gasteiger partial charge >= 0.3 is 0 Å². The number of halogens is 1. The number of nitrogens with one attached hydrogen (secondary N) is 1. The highest BCUT2D eigenvalue weighted by Crippen LogP contribution is 2.19. The van der Waals surface area contributed by atoms with Crippen LogP contribution >= 0.6 is 15.9 Å². The van der Waals surface area contributed by atoms with Crippen molar-refractivity contribution in [2.45, 2.75) is 64.0 Å². The number of ether oxygens (including phenoxy) is 1. The summed E-state index contributed by atoms with van der Waals surface area (Å²) in [6.07, 6.45) is 9.03. The molecule has 1 saturated heterocycles. The van der Waals surface area contributed by atoms with E-state index in [1.165, 1.54) is 44.1 Å². The lowest BCUT2D eigenvalue weighted by atomic mass is 9.97. The van der Waals surface area contributed by atoms with Gasteiger partial charge in [0.2, 0.25) is 0 Å². The molecule has 3 heteroatoms. The zero-order chi connectivity index (χ0) is 14.9. The summed E-state index contributed by atoms with van der Waals surface area (Å²) in [5.74, 6) is 0. The Kier molecular flexibility index (Phi) is 7.76. The van der Waals surface area contributed by atoms with Crippen molar-refractivity contribution in [2.24, 2.45) is 0 Å². The van der Waals surface area contributed by atoms with Gasteiger partial charge in [0.05, 0.1) is 6.10 Å². The second-order valence-electron chi connectivity index (χ2n) is 6.05. The molecular weight excluding hydrogens is 326 g/mol. The quantitative estimate of drug-likeness (QED) is 0.730. The van der Waals surface area contributed by atoms with Crippen molar-refractivity contribution in [3.63, 3.8) is 0 Å². The van der Waals surface area contributed by atoms with Crippen molar-refractivity contribution in [2.75, 3.05) is 13.2 Å². The fourth-order valence-electron chi connectivity index (χ4n) is 2.95. The van der Waals surface area contributed by atoms with Gasteiger partial charge in [-0.1, -0.05) is 35.0 Å². The highest BCUT2D eigenvalue weighted by molar-refractivity contribution is 9.10. The Hall–Kier alpha value is -0.380. The van der Waals surface area contributed by atoms with Crippen molar-refractivity contribution in [1.29, 1.82) is 0 Å². The number of hydrogen-bond donors (Lipinski definition) is 1. The van der Waals surface area contributed by atoms with Gasteiger partial charge in [0, 0.05) is 17.1 Å². The molecule has 118 valence electrons. The van der Waals surface area contributed by atoms with Crippen LogP contribution in [0.2, 0.25) is 0 Å². The second-order valence-corrected chi connectivity index (χ2v) is 6.96. The zero-order valence-electron chi connectivity index (χ0n) is 13.1. The Bertz CT molecular complexity index is 387. The van der Waals surface area contributed by atoms with Crippen molar-refractivity contribution < 1.29 is 4.74 Å². The van der Waals surface area contributed by atoms with E-state index in [2.05, 4.69) is 52.4 Å². The third kappa shape index (κ3) is 6.50. The van der Waals surface area contributed by atoms with E-state index in [0.717, 1.165) is 24.0 Å². The maximum absolute atomic E-state index is 5.86. The lowest BCUT2D eigenvalue weighted by molar-refractivity contribution is 0.00858. The lowest BCUT2D eigenvalue weighted by Gasteiger charge is -2.25. The Balaban J connectivity index is 1.82. The topological polar surface area (TPSA) is 21.3 Å². The fraction of sp³-hybridized carbons (Fsp3) is 0.667. The van der Waals surface area contributed by atoms with E-state index in [1.807, 2.05) is 0 Å². The molecule has 0 radical (unpaired) electrons. The summed E-state index contributed by atoms with van der Waals surface area (Å²) in [5, 5.41) is 3.70. The summed E-state index contributed by atoms with van der Waals surface area (Å²) in [7, 11) is 0. The van der Waals surface area contributed by atoms with Gasteiger partial charge in [-0.15, -0.1) is 0 Å². The first-order chi connectivity index (χ1) is 10.3. The van der Waals surface area contributed by atoms with E-state index < -0.39 is 0 Å². The van der Waals surface area contributed by atoms with Gasteiger partial charge in [0.15, 0.2) is 0 Å². The van der Waals surface area contributed by atoms with Crippen molar-refractivity contribution in [3.05, 3.63) is 34.3 Å². The van der Waals surface area contributed by atoms with Crippen molar-refractivity contribution in [1.82, 2.24) is 5.32 Å². The molecule has 2 unspecified atom stereocenters. The number of benzene rings is 1. The predicted octanol–water partition coefficient (Wildman–Crippen LogP) is 4.71. The molecule has 1 aliphatic rings. The minimum Gasteiger partial charge on any atom is -0.378 e. The molecule has 2 nitrogen and oxygen atoms in total. The van der Waals surface area contributed by atoms with Crippen LogP contribution in [-0.2, 0) is 11.2 Å². The van der Waals surface area contributed by atoms with E-state index in [9.17, 15) is 0 Å². The molecular formula is C18H28BrNO. The van der Waals surface area contributed by atoms with E-state index in [-0.39, 0.29) is 0 Å². The van der Waals surface area contributed by atoms with Crippen LogP contribution in [-0.4, -0.2) is 25.3 Å². The Morgan fingerprint density at radius 1 is 1.29 bits per heavy atom. The maximum Gasteiger partial charge on any atom is 0.0575 e. The van der Waals surface area contributed by atoms with Crippen LogP contribution in [0.3, 0.4) is 0 Å². The summed E-state index contributed by atoms with van der Waals surface area (Å²) in [6.45, 7) is 4.30. The largest absolute Gasteiger partial charge is 0.378 e. The van der Waals surface area contributed by atoms with Gasteiger partial charge in [-0.05, 0) is 69.2 Å². The summed E-state index contributed by atoms with van der Waals surface area (Å²) in [6, 6.07) is 9.29. The second kappa shape index (κ2) is 9.60. The molecule has 0 aromatic heterocycles. The van der Waals surface area contributed by atoms with Gasteiger partial charge in [0.1, 0.15) is 0 Å². The molecule has 0 spiro atoms. The van der Waals surface area contributed by atoms with E-state index >= 15 is 0 Å². The van der Waals surface area contributed by atoms with Crippen LogP contribution in [0.4, 0.5) is 0 Å². The van der Waals surface area contributed by atoms with E-state index in [4.69, 9.17) is 4.74 Å². The van der Waals surface area contributed by atoms with E-state index in [1.54, 1.807) is 0 Å². The first-order valence-electron chi connectivity index (χ1n) is 8.37. The smallest absolute Gasteiger partial charge is 0.0575 e. The minimum atomic E-state index is 0.495. The molecule has 0 saturated carbocycles. The standard InChI is InChI=1S/C18H28BrNO/c1-2-12-20-17(10-11-18-5-3-4-13-21-18)14-15-6-8-16(19)9-7-15/h6-9,17-18,20H,2-5,10-14H2,1H3. The normalized spacial score (nSPS) is 20.4. The lowest BCUT2D eigenvalue weighted by Crippen LogP contribution is -2.33. The molecule has 1 N–H and O–H groups in total. The summed E-state index contributed by atoms with van der Waals surface area (Å²) in [4.78, 5) is 0. The molecule has 1 fully saturated rings.